The van der Waals surface area contributed by atoms with Crippen molar-refractivity contribution in [1.29, 1.82) is 0 Å². The number of likely N-dealkylation sites (tertiary alicyclic amines) is 1. The number of esters is 1. The standard InChI is InChI=1S/C27H33BrN4O4/c1-3-35-26(33)8-5-11-32-12-9-19(10-13-32)17-36-25-16-23-22(15-24(25)34-2)27(30-18-29-23)31-21-7-4-6-20(28)14-21/h4,6-7,14-16,18-19H,3,5,8-13,17H2,1-2H3,(H,29,30,31). The molecule has 4 rings (SSSR count). The Morgan fingerprint density at radius 2 is 2.00 bits per heavy atom. The van der Waals surface area contributed by atoms with E-state index in [9.17, 15) is 4.79 Å². The molecule has 0 amide bonds. The summed E-state index contributed by atoms with van der Waals surface area (Å²) in [5.74, 6) is 2.43. The van der Waals surface area contributed by atoms with Gasteiger partial charge in [0.2, 0.25) is 0 Å². The van der Waals surface area contributed by atoms with Crippen LogP contribution in [0.3, 0.4) is 0 Å². The minimum atomic E-state index is -0.105. The summed E-state index contributed by atoms with van der Waals surface area (Å²) in [5.41, 5.74) is 1.71. The molecule has 0 aliphatic carbocycles. The number of ether oxygens (including phenoxy) is 3. The van der Waals surface area contributed by atoms with E-state index in [4.69, 9.17) is 14.2 Å². The fraction of sp³-hybridized carbons (Fsp3) is 0.444. The third kappa shape index (κ3) is 7.07. The van der Waals surface area contributed by atoms with Crippen LogP contribution in [0.2, 0.25) is 0 Å². The number of piperidine rings is 1. The number of benzene rings is 2. The van der Waals surface area contributed by atoms with Gasteiger partial charge in [-0.15, -0.1) is 0 Å². The first-order valence-corrected chi connectivity index (χ1v) is 13.2. The zero-order valence-electron chi connectivity index (χ0n) is 20.8. The quantitative estimate of drug-likeness (QED) is 0.306. The Morgan fingerprint density at radius 3 is 2.75 bits per heavy atom. The summed E-state index contributed by atoms with van der Waals surface area (Å²) in [6.45, 7) is 5.88. The first-order chi connectivity index (χ1) is 17.6. The van der Waals surface area contributed by atoms with Crippen LogP contribution in [0.4, 0.5) is 11.5 Å². The molecule has 9 heteroatoms. The van der Waals surface area contributed by atoms with E-state index in [2.05, 4.69) is 36.1 Å². The van der Waals surface area contributed by atoms with Crippen LogP contribution >= 0.6 is 15.9 Å². The Morgan fingerprint density at radius 1 is 1.17 bits per heavy atom. The van der Waals surface area contributed by atoms with Gasteiger partial charge in [0.15, 0.2) is 11.5 Å². The van der Waals surface area contributed by atoms with E-state index < -0.39 is 0 Å². The molecule has 1 saturated heterocycles. The fourth-order valence-corrected chi connectivity index (χ4v) is 4.80. The molecule has 2 heterocycles. The molecule has 1 N–H and O–H groups in total. The number of anilines is 2. The van der Waals surface area contributed by atoms with Crippen molar-refractivity contribution >= 4 is 44.3 Å². The molecule has 3 aromatic rings. The third-order valence-corrected chi connectivity index (χ3v) is 6.84. The molecule has 0 unspecified atom stereocenters. The van der Waals surface area contributed by atoms with Crippen molar-refractivity contribution in [3.05, 3.63) is 47.2 Å². The number of hydrogen-bond acceptors (Lipinski definition) is 8. The van der Waals surface area contributed by atoms with Gasteiger partial charge in [-0.05, 0) is 76.0 Å². The van der Waals surface area contributed by atoms with Gasteiger partial charge in [0, 0.05) is 28.0 Å². The van der Waals surface area contributed by atoms with Gasteiger partial charge in [0.05, 0.1) is 25.8 Å². The average Bonchev–Trinajstić information content (AvgIpc) is 2.88. The van der Waals surface area contributed by atoms with Crippen molar-refractivity contribution in [3.63, 3.8) is 0 Å². The van der Waals surface area contributed by atoms with Crippen molar-refractivity contribution in [2.75, 3.05) is 45.3 Å². The molecule has 1 aromatic heterocycles. The van der Waals surface area contributed by atoms with E-state index in [1.165, 1.54) is 0 Å². The van der Waals surface area contributed by atoms with E-state index in [1.807, 2.05) is 43.3 Å². The summed E-state index contributed by atoms with van der Waals surface area (Å²) in [4.78, 5) is 22.8. The van der Waals surface area contributed by atoms with Crippen molar-refractivity contribution in [3.8, 4) is 11.5 Å². The molecule has 0 atom stereocenters. The predicted molar refractivity (Wildman–Crippen MR) is 144 cm³/mol. The van der Waals surface area contributed by atoms with Crippen molar-refractivity contribution in [2.45, 2.75) is 32.6 Å². The molecule has 1 fully saturated rings. The Labute approximate surface area is 220 Å². The van der Waals surface area contributed by atoms with Gasteiger partial charge < -0.3 is 24.4 Å². The fourth-order valence-electron chi connectivity index (χ4n) is 4.40. The molecule has 0 spiro atoms. The second-order valence-electron chi connectivity index (χ2n) is 8.88. The highest BCUT2D eigenvalue weighted by Crippen LogP contribution is 2.35. The smallest absolute Gasteiger partial charge is 0.305 e. The highest BCUT2D eigenvalue weighted by molar-refractivity contribution is 9.10. The number of aromatic nitrogens is 2. The summed E-state index contributed by atoms with van der Waals surface area (Å²) >= 11 is 3.50. The second-order valence-corrected chi connectivity index (χ2v) is 9.80. The third-order valence-electron chi connectivity index (χ3n) is 6.35. The Hall–Kier alpha value is -2.91. The van der Waals surface area contributed by atoms with Crippen LogP contribution in [0.25, 0.3) is 10.9 Å². The van der Waals surface area contributed by atoms with Crippen molar-refractivity contribution in [2.24, 2.45) is 5.92 Å². The first-order valence-electron chi connectivity index (χ1n) is 12.4. The molecule has 2 aromatic carbocycles. The number of fused-ring (bicyclic) bond motifs is 1. The molecule has 192 valence electrons. The molecule has 1 aliphatic rings. The number of carbonyl (C=O) groups is 1. The second kappa shape index (κ2) is 12.9. The molecule has 36 heavy (non-hydrogen) atoms. The summed E-state index contributed by atoms with van der Waals surface area (Å²) in [5, 5.41) is 4.22. The molecule has 0 bridgehead atoms. The number of hydrogen-bond donors (Lipinski definition) is 1. The van der Waals surface area contributed by atoms with E-state index in [0.717, 1.165) is 60.0 Å². The Bertz CT molecular complexity index is 1170. The predicted octanol–water partition coefficient (Wildman–Crippen LogP) is 5.58. The highest BCUT2D eigenvalue weighted by Gasteiger charge is 2.21. The summed E-state index contributed by atoms with van der Waals surface area (Å²) in [7, 11) is 1.65. The molecular weight excluding hydrogens is 524 g/mol. The van der Waals surface area contributed by atoms with Gasteiger partial charge in [0.25, 0.3) is 0 Å². The number of halogens is 1. The van der Waals surface area contributed by atoms with Gasteiger partial charge in [-0.2, -0.15) is 0 Å². The van der Waals surface area contributed by atoms with Gasteiger partial charge in [-0.1, -0.05) is 22.0 Å². The van der Waals surface area contributed by atoms with Crippen LogP contribution in [0.1, 0.15) is 32.6 Å². The summed E-state index contributed by atoms with van der Waals surface area (Å²) < 4.78 is 17.9. The maximum Gasteiger partial charge on any atom is 0.305 e. The summed E-state index contributed by atoms with van der Waals surface area (Å²) in [6, 6.07) is 11.8. The topological polar surface area (TPSA) is 85.8 Å². The number of nitrogens with one attached hydrogen (secondary N) is 1. The number of rotatable bonds is 11. The van der Waals surface area contributed by atoms with Crippen molar-refractivity contribution in [1.82, 2.24) is 14.9 Å². The van der Waals surface area contributed by atoms with Gasteiger partial charge >= 0.3 is 5.97 Å². The maximum atomic E-state index is 11.5. The molecule has 1 aliphatic heterocycles. The average molecular weight is 557 g/mol. The molecule has 0 saturated carbocycles. The normalized spacial score (nSPS) is 14.5. The van der Waals surface area contributed by atoms with E-state index >= 15 is 0 Å². The van der Waals surface area contributed by atoms with Crippen LogP contribution in [0.15, 0.2) is 47.2 Å². The van der Waals surface area contributed by atoms with E-state index in [1.54, 1.807) is 13.4 Å². The van der Waals surface area contributed by atoms with Gasteiger partial charge in [-0.3, -0.25) is 4.79 Å². The molecular formula is C27H33BrN4O4. The lowest BCUT2D eigenvalue weighted by atomic mass is 9.97. The number of nitrogens with zero attached hydrogens (tertiary/aromatic N) is 3. The lowest BCUT2D eigenvalue weighted by Crippen LogP contribution is -2.36. The van der Waals surface area contributed by atoms with E-state index in [-0.39, 0.29) is 5.97 Å². The first kappa shape index (κ1) is 26.2. The monoisotopic (exact) mass is 556 g/mol. The number of carbonyl (C=O) groups excluding carboxylic acids is 1. The highest BCUT2D eigenvalue weighted by atomic mass is 79.9. The molecule has 0 radical (unpaired) electrons. The van der Waals surface area contributed by atoms with E-state index in [0.29, 0.717) is 42.9 Å². The van der Waals surface area contributed by atoms with Crippen molar-refractivity contribution < 1.29 is 19.0 Å². The zero-order chi connectivity index (χ0) is 25.3. The maximum absolute atomic E-state index is 11.5. The summed E-state index contributed by atoms with van der Waals surface area (Å²) in [6.07, 6.45) is 5.02. The number of methoxy groups -OCH3 is 1. The lowest BCUT2D eigenvalue weighted by Gasteiger charge is -2.31. The van der Waals surface area contributed by atoms with Crippen LogP contribution in [-0.4, -0.2) is 60.8 Å². The molecule has 8 nitrogen and oxygen atoms in total. The lowest BCUT2D eigenvalue weighted by molar-refractivity contribution is -0.143. The van der Waals surface area contributed by atoms with Gasteiger partial charge in [0.1, 0.15) is 12.1 Å². The van der Waals surface area contributed by atoms with Crippen LogP contribution in [0, 0.1) is 5.92 Å². The van der Waals surface area contributed by atoms with Crippen LogP contribution < -0.4 is 14.8 Å². The van der Waals surface area contributed by atoms with Gasteiger partial charge in [-0.25, -0.2) is 9.97 Å². The van der Waals surface area contributed by atoms with Crippen LogP contribution in [-0.2, 0) is 9.53 Å². The minimum Gasteiger partial charge on any atom is -0.493 e. The minimum absolute atomic E-state index is 0.105. The Kier molecular flexibility index (Phi) is 9.35. The largest absolute Gasteiger partial charge is 0.493 e. The SMILES string of the molecule is CCOC(=O)CCCN1CCC(COc2cc3ncnc(Nc4cccc(Br)c4)c3cc2OC)CC1. The van der Waals surface area contributed by atoms with Crippen LogP contribution in [0.5, 0.6) is 11.5 Å². The zero-order valence-corrected chi connectivity index (χ0v) is 22.4. The Balaban J connectivity index is 1.34.